The lowest BCUT2D eigenvalue weighted by molar-refractivity contribution is 0.0988. The number of Topliss-reactive ketones (excluding diaryl/α,β-unsaturated/α-hetero) is 1. The normalized spacial score (nSPS) is 14.8. The molecule has 2 aliphatic rings. The highest BCUT2D eigenvalue weighted by Gasteiger charge is 2.35. The van der Waals surface area contributed by atoms with Crippen LogP contribution < -0.4 is 14.2 Å². The molecule has 0 aromatic heterocycles. The van der Waals surface area contributed by atoms with Gasteiger partial charge in [-0.1, -0.05) is 12.1 Å². The Morgan fingerprint density at radius 2 is 1.33 bits per heavy atom. The predicted octanol–water partition coefficient (Wildman–Crippen LogP) is 3.11. The van der Waals surface area contributed by atoms with Crippen LogP contribution in [0.15, 0.2) is 42.5 Å². The number of hydrogen-bond donors (Lipinski definition) is 0. The Morgan fingerprint density at radius 3 is 1.97 bits per heavy atom. The highest BCUT2D eigenvalue weighted by atomic mass is 16.5. The molecule has 0 unspecified atom stereocenters. The molecule has 2 aromatic rings. The number of ether oxygens (including phenoxy) is 3. The van der Waals surface area contributed by atoms with Crippen LogP contribution in [0.1, 0.15) is 47.0 Å². The summed E-state index contributed by atoms with van der Waals surface area (Å²) in [6.45, 7) is 0. The van der Waals surface area contributed by atoms with E-state index in [9.17, 15) is 19.2 Å². The van der Waals surface area contributed by atoms with Crippen LogP contribution in [0.2, 0.25) is 0 Å². The Bertz CT molecular complexity index is 1210. The molecule has 0 saturated carbocycles. The fourth-order valence-electron chi connectivity index (χ4n) is 3.77. The van der Waals surface area contributed by atoms with Gasteiger partial charge >= 0.3 is 0 Å². The van der Waals surface area contributed by atoms with Gasteiger partial charge in [-0.05, 0) is 30.4 Å². The van der Waals surface area contributed by atoms with Crippen molar-refractivity contribution in [1.29, 1.82) is 0 Å². The third kappa shape index (κ3) is 2.67. The van der Waals surface area contributed by atoms with Crippen molar-refractivity contribution >= 4 is 28.7 Å². The number of rotatable bonds is 4. The second-order valence-electron chi connectivity index (χ2n) is 6.61. The van der Waals surface area contributed by atoms with E-state index >= 15 is 0 Å². The van der Waals surface area contributed by atoms with E-state index in [4.69, 9.17) is 14.2 Å². The molecule has 7 heteroatoms. The molecule has 0 atom stereocenters. The molecule has 0 aliphatic heterocycles. The largest absolute Gasteiger partial charge is 0.496 e. The van der Waals surface area contributed by atoms with Crippen molar-refractivity contribution < 1.29 is 33.4 Å². The zero-order chi connectivity index (χ0) is 21.6. The van der Waals surface area contributed by atoms with Crippen molar-refractivity contribution in [2.45, 2.75) is 0 Å². The number of carbonyl (C=O) groups excluding carboxylic acids is 4. The topological polar surface area (TPSA) is 96.0 Å². The van der Waals surface area contributed by atoms with Gasteiger partial charge in [0.05, 0.1) is 38.0 Å². The number of carbonyl (C=O) groups is 4. The molecule has 0 heterocycles. The first-order valence-corrected chi connectivity index (χ1v) is 8.96. The van der Waals surface area contributed by atoms with Crippen molar-refractivity contribution in [3.05, 3.63) is 70.3 Å². The first-order valence-electron chi connectivity index (χ1n) is 8.96. The van der Waals surface area contributed by atoms with Crippen molar-refractivity contribution in [1.82, 2.24) is 0 Å². The maximum Gasteiger partial charge on any atom is 0.194 e. The summed E-state index contributed by atoms with van der Waals surface area (Å²) in [5.41, 5.74) is 0.634. The molecule has 2 aromatic carbocycles. The molecule has 0 bridgehead atoms. The molecule has 4 rings (SSSR count). The number of methoxy groups -OCH3 is 3. The third-order valence-corrected chi connectivity index (χ3v) is 5.09. The highest BCUT2D eigenvalue weighted by Crippen LogP contribution is 2.43. The molecule has 0 saturated heterocycles. The van der Waals surface area contributed by atoms with Crippen molar-refractivity contribution in [2.24, 2.45) is 0 Å². The van der Waals surface area contributed by atoms with E-state index in [2.05, 4.69) is 0 Å². The Kier molecular flexibility index (Phi) is 4.58. The second-order valence-corrected chi connectivity index (χ2v) is 6.61. The number of allylic oxidation sites excluding steroid dienone is 4. The minimum Gasteiger partial charge on any atom is -0.496 e. The number of fused-ring (bicyclic) bond motifs is 2. The summed E-state index contributed by atoms with van der Waals surface area (Å²) < 4.78 is 16.0. The predicted molar refractivity (Wildman–Crippen MR) is 107 cm³/mol. The summed E-state index contributed by atoms with van der Waals surface area (Å²) in [4.78, 5) is 51.1. The minimum absolute atomic E-state index is 0.00284. The van der Waals surface area contributed by atoms with Gasteiger partial charge in [0.1, 0.15) is 17.2 Å². The van der Waals surface area contributed by atoms with Crippen LogP contribution in [-0.4, -0.2) is 44.5 Å². The lowest BCUT2D eigenvalue weighted by atomic mass is 9.82. The van der Waals surface area contributed by atoms with Gasteiger partial charge in [0.15, 0.2) is 23.1 Å². The van der Waals surface area contributed by atoms with Crippen LogP contribution in [0.3, 0.4) is 0 Å². The fraction of sp³-hybridized carbons (Fsp3) is 0.130. The van der Waals surface area contributed by atoms with Gasteiger partial charge in [0.2, 0.25) is 0 Å². The molecule has 0 fully saturated rings. The zero-order valence-electron chi connectivity index (χ0n) is 16.4. The van der Waals surface area contributed by atoms with Crippen LogP contribution in [0.5, 0.6) is 17.2 Å². The smallest absolute Gasteiger partial charge is 0.194 e. The lowest BCUT2D eigenvalue weighted by Gasteiger charge is -2.23. The van der Waals surface area contributed by atoms with E-state index in [1.165, 1.54) is 39.5 Å². The van der Waals surface area contributed by atoms with Gasteiger partial charge in [0.25, 0.3) is 0 Å². The molecule has 7 nitrogen and oxygen atoms in total. The van der Waals surface area contributed by atoms with E-state index in [1.54, 1.807) is 12.1 Å². The first kappa shape index (κ1) is 19.3. The van der Waals surface area contributed by atoms with Crippen LogP contribution in [0.25, 0.3) is 5.57 Å². The maximum absolute atomic E-state index is 13.3. The fourth-order valence-corrected chi connectivity index (χ4v) is 3.77. The molecule has 150 valence electrons. The molecular formula is C23H16O7. The molecule has 0 radical (unpaired) electrons. The summed E-state index contributed by atoms with van der Waals surface area (Å²) in [5, 5.41) is 0. The average Bonchev–Trinajstić information content (AvgIpc) is 2.76. The van der Waals surface area contributed by atoms with Crippen molar-refractivity contribution in [3.63, 3.8) is 0 Å². The van der Waals surface area contributed by atoms with Crippen molar-refractivity contribution in [2.75, 3.05) is 21.3 Å². The van der Waals surface area contributed by atoms with Gasteiger partial charge < -0.3 is 14.2 Å². The van der Waals surface area contributed by atoms with Crippen molar-refractivity contribution in [3.8, 4) is 17.2 Å². The Morgan fingerprint density at radius 1 is 0.667 bits per heavy atom. The van der Waals surface area contributed by atoms with Crippen LogP contribution >= 0.6 is 0 Å². The Hall–Kier alpha value is -4.00. The summed E-state index contributed by atoms with van der Waals surface area (Å²) in [6, 6.07) is 6.18. The summed E-state index contributed by atoms with van der Waals surface area (Å²) in [5.74, 6) is -1.29. The zero-order valence-corrected chi connectivity index (χ0v) is 16.4. The van der Waals surface area contributed by atoms with E-state index < -0.39 is 23.1 Å². The number of benzene rings is 2. The van der Waals surface area contributed by atoms with Gasteiger partial charge in [-0.25, -0.2) is 0 Å². The molecule has 30 heavy (non-hydrogen) atoms. The van der Waals surface area contributed by atoms with Gasteiger partial charge in [-0.2, -0.15) is 0 Å². The minimum atomic E-state index is -0.459. The molecule has 0 amide bonds. The average molecular weight is 404 g/mol. The van der Waals surface area contributed by atoms with Gasteiger partial charge in [0, 0.05) is 16.7 Å². The standard InChI is InChI=1S/C23H16O7/c1-28-17-6-4-5-11-19(17)16(26)9-12(22(11)27)13-10-18(29-2)20-14(24)7-8-15(25)21(20)23(13)30-3/h4-10H,1-3H3. The van der Waals surface area contributed by atoms with Crippen LogP contribution in [-0.2, 0) is 0 Å². The monoisotopic (exact) mass is 404 g/mol. The molecular weight excluding hydrogens is 388 g/mol. The first-order chi connectivity index (χ1) is 14.4. The number of ketones is 4. The second kappa shape index (κ2) is 7.11. The van der Waals surface area contributed by atoms with E-state index in [-0.39, 0.29) is 44.9 Å². The molecule has 2 aliphatic carbocycles. The van der Waals surface area contributed by atoms with E-state index in [1.807, 2.05) is 0 Å². The lowest BCUT2D eigenvalue weighted by Crippen LogP contribution is -2.20. The number of hydrogen-bond acceptors (Lipinski definition) is 7. The van der Waals surface area contributed by atoms with Gasteiger partial charge in [-0.3, -0.25) is 19.2 Å². The SMILES string of the molecule is COc1cccc2c1C(=O)C=C(c1cc(OC)c3c(c1OC)C(=O)C=CC3=O)C2=O. The molecule has 0 spiro atoms. The quantitative estimate of drug-likeness (QED) is 0.772. The van der Waals surface area contributed by atoms with E-state index in [0.29, 0.717) is 5.75 Å². The third-order valence-electron chi connectivity index (χ3n) is 5.09. The van der Waals surface area contributed by atoms with Crippen LogP contribution in [0, 0.1) is 0 Å². The summed E-state index contributed by atoms with van der Waals surface area (Å²) >= 11 is 0. The summed E-state index contributed by atoms with van der Waals surface area (Å²) in [6.07, 6.45) is 3.48. The van der Waals surface area contributed by atoms with E-state index in [0.717, 1.165) is 12.2 Å². The Labute approximate surface area is 171 Å². The van der Waals surface area contributed by atoms with Gasteiger partial charge in [-0.15, -0.1) is 0 Å². The van der Waals surface area contributed by atoms with Crippen LogP contribution in [0.4, 0.5) is 0 Å². The maximum atomic E-state index is 13.3. The highest BCUT2D eigenvalue weighted by molar-refractivity contribution is 6.40. The summed E-state index contributed by atoms with van der Waals surface area (Å²) in [7, 11) is 4.10. The molecule has 0 N–H and O–H groups in total. The Balaban J connectivity index is 2.00.